The Morgan fingerprint density at radius 2 is 1.80 bits per heavy atom. The Balaban J connectivity index is 1.67. The lowest BCUT2D eigenvalue weighted by Gasteiger charge is -2.26. The maximum absolute atomic E-state index is 5.30. The number of nitrogens with zero attached hydrogens (tertiary/aromatic N) is 3. The number of hydrogen-bond donors (Lipinski definition) is 0. The highest BCUT2D eigenvalue weighted by molar-refractivity contribution is 5.21. The van der Waals surface area contributed by atoms with Crippen molar-refractivity contribution in [1.82, 2.24) is 15.0 Å². The summed E-state index contributed by atoms with van der Waals surface area (Å²) in [4.78, 5) is 5.36. The van der Waals surface area contributed by atoms with Crippen LogP contribution in [0.15, 0.2) is 4.52 Å². The molecular weight excluding hydrogens is 250 g/mol. The van der Waals surface area contributed by atoms with Gasteiger partial charge in [0.05, 0.1) is 5.69 Å². The highest BCUT2D eigenvalue weighted by Gasteiger charge is 2.42. The van der Waals surface area contributed by atoms with Crippen LogP contribution >= 0.6 is 0 Å². The van der Waals surface area contributed by atoms with Gasteiger partial charge in [0.2, 0.25) is 0 Å². The minimum absolute atomic E-state index is 0.738. The first kappa shape index (κ1) is 14.1. The Labute approximate surface area is 122 Å². The molecule has 2 aliphatic rings. The average molecular weight is 277 g/mol. The zero-order valence-corrected chi connectivity index (χ0v) is 13.2. The van der Waals surface area contributed by atoms with Crippen LogP contribution in [0.1, 0.15) is 43.7 Å². The molecule has 2 saturated heterocycles. The molecule has 0 aromatic carbocycles. The molecular formula is C16H27N3O. The molecule has 2 fully saturated rings. The van der Waals surface area contributed by atoms with Crippen LogP contribution in [0, 0.1) is 19.8 Å². The molecule has 0 N–H and O–H groups in total. The minimum Gasteiger partial charge on any atom is -0.361 e. The molecule has 2 atom stereocenters. The Bertz CT molecular complexity index is 449. The second-order valence-electron chi connectivity index (χ2n) is 6.87. The highest BCUT2D eigenvalue weighted by Crippen LogP contribution is 2.33. The summed E-state index contributed by atoms with van der Waals surface area (Å²) in [6.45, 7) is 13.5. The lowest BCUT2D eigenvalue weighted by atomic mass is 10.1. The van der Waals surface area contributed by atoms with Crippen molar-refractivity contribution in [2.24, 2.45) is 5.92 Å². The second-order valence-corrected chi connectivity index (χ2v) is 6.87. The van der Waals surface area contributed by atoms with Crippen LogP contribution in [0.5, 0.6) is 0 Å². The fourth-order valence-corrected chi connectivity index (χ4v) is 3.99. The van der Waals surface area contributed by atoms with E-state index in [0.29, 0.717) is 0 Å². The molecule has 1 aromatic rings. The average Bonchev–Trinajstić information content (AvgIpc) is 3.03. The van der Waals surface area contributed by atoms with Gasteiger partial charge in [0, 0.05) is 43.8 Å². The van der Waals surface area contributed by atoms with Crippen molar-refractivity contribution >= 4 is 0 Å². The second kappa shape index (κ2) is 5.49. The molecule has 0 unspecified atom stereocenters. The SMILES string of the molecule is Cc1noc(C)c1CN1CC[C@H]2[C@H]1CCN2CC(C)C. The van der Waals surface area contributed by atoms with Crippen LogP contribution in [-0.4, -0.2) is 46.7 Å². The van der Waals surface area contributed by atoms with E-state index in [1.54, 1.807) is 0 Å². The Hall–Kier alpha value is -0.870. The fraction of sp³-hybridized carbons (Fsp3) is 0.812. The van der Waals surface area contributed by atoms with E-state index >= 15 is 0 Å². The van der Waals surface area contributed by atoms with E-state index < -0.39 is 0 Å². The van der Waals surface area contributed by atoms with Crippen molar-refractivity contribution in [3.8, 4) is 0 Å². The standard InChI is InChI=1S/C16H27N3O/c1-11(2)9-18-7-5-16-15(18)6-8-19(16)10-14-12(3)17-20-13(14)4/h11,15-16H,5-10H2,1-4H3/t15-,16+/m0/s1. The van der Waals surface area contributed by atoms with Gasteiger partial charge in [-0.1, -0.05) is 19.0 Å². The number of aryl methyl sites for hydroxylation is 2. The van der Waals surface area contributed by atoms with E-state index in [9.17, 15) is 0 Å². The molecule has 1 aromatic heterocycles. The van der Waals surface area contributed by atoms with Gasteiger partial charge in [-0.2, -0.15) is 0 Å². The fourth-order valence-electron chi connectivity index (χ4n) is 3.99. The van der Waals surface area contributed by atoms with Crippen LogP contribution in [0.25, 0.3) is 0 Å². The summed E-state index contributed by atoms with van der Waals surface area (Å²) in [5.41, 5.74) is 2.36. The van der Waals surface area contributed by atoms with Crippen LogP contribution in [0.3, 0.4) is 0 Å². The van der Waals surface area contributed by atoms with Crippen molar-refractivity contribution in [3.63, 3.8) is 0 Å². The van der Waals surface area contributed by atoms with Gasteiger partial charge < -0.3 is 4.52 Å². The van der Waals surface area contributed by atoms with Crippen molar-refractivity contribution in [2.45, 2.75) is 59.2 Å². The summed E-state index contributed by atoms with van der Waals surface area (Å²) < 4.78 is 5.30. The van der Waals surface area contributed by atoms with Crippen molar-refractivity contribution in [3.05, 3.63) is 17.0 Å². The first-order chi connectivity index (χ1) is 9.56. The lowest BCUT2D eigenvalue weighted by Crippen LogP contribution is -2.37. The van der Waals surface area contributed by atoms with Gasteiger partial charge in [-0.3, -0.25) is 9.80 Å². The quantitative estimate of drug-likeness (QED) is 0.847. The number of aromatic nitrogens is 1. The maximum Gasteiger partial charge on any atom is 0.138 e. The van der Waals surface area contributed by atoms with Gasteiger partial charge in [-0.25, -0.2) is 0 Å². The van der Waals surface area contributed by atoms with E-state index in [0.717, 1.165) is 36.0 Å². The molecule has 0 saturated carbocycles. The van der Waals surface area contributed by atoms with Gasteiger partial charge in [-0.15, -0.1) is 0 Å². The molecule has 3 heterocycles. The molecule has 112 valence electrons. The van der Waals surface area contributed by atoms with Gasteiger partial charge in [0.1, 0.15) is 5.76 Å². The molecule has 4 heteroatoms. The van der Waals surface area contributed by atoms with E-state index in [4.69, 9.17) is 4.52 Å². The Morgan fingerprint density at radius 3 is 2.40 bits per heavy atom. The van der Waals surface area contributed by atoms with Gasteiger partial charge in [0.15, 0.2) is 0 Å². The molecule has 4 nitrogen and oxygen atoms in total. The molecule has 2 aliphatic heterocycles. The number of rotatable bonds is 4. The van der Waals surface area contributed by atoms with Crippen LogP contribution < -0.4 is 0 Å². The minimum atomic E-state index is 0.738. The summed E-state index contributed by atoms with van der Waals surface area (Å²) in [5, 5.41) is 4.09. The summed E-state index contributed by atoms with van der Waals surface area (Å²) >= 11 is 0. The van der Waals surface area contributed by atoms with Gasteiger partial charge in [-0.05, 0) is 32.6 Å². The Kier molecular flexibility index (Phi) is 3.87. The maximum atomic E-state index is 5.30. The smallest absolute Gasteiger partial charge is 0.138 e. The molecule has 0 aliphatic carbocycles. The molecule has 0 spiro atoms. The summed E-state index contributed by atoms with van der Waals surface area (Å²) in [7, 11) is 0. The van der Waals surface area contributed by atoms with Crippen molar-refractivity contribution < 1.29 is 4.52 Å². The highest BCUT2D eigenvalue weighted by atomic mass is 16.5. The van der Waals surface area contributed by atoms with E-state index in [-0.39, 0.29) is 0 Å². The van der Waals surface area contributed by atoms with Gasteiger partial charge >= 0.3 is 0 Å². The molecule has 0 radical (unpaired) electrons. The summed E-state index contributed by atoms with van der Waals surface area (Å²) in [6.07, 6.45) is 2.64. The third kappa shape index (κ3) is 2.51. The van der Waals surface area contributed by atoms with E-state index in [1.807, 2.05) is 6.92 Å². The third-order valence-electron chi connectivity index (χ3n) is 4.95. The number of hydrogen-bond acceptors (Lipinski definition) is 4. The predicted octanol–water partition coefficient (Wildman–Crippen LogP) is 2.60. The number of likely N-dealkylation sites (tertiary alicyclic amines) is 2. The first-order valence-corrected chi connectivity index (χ1v) is 7.96. The normalized spacial score (nSPS) is 27.6. The Morgan fingerprint density at radius 1 is 1.15 bits per heavy atom. The monoisotopic (exact) mass is 277 g/mol. The first-order valence-electron chi connectivity index (χ1n) is 7.96. The van der Waals surface area contributed by atoms with E-state index in [1.165, 1.54) is 38.0 Å². The number of fused-ring (bicyclic) bond motifs is 1. The summed E-state index contributed by atoms with van der Waals surface area (Å²) in [5.74, 6) is 1.76. The largest absolute Gasteiger partial charge is 0.361 e. The lowest BCUT2D eigenvalue weighted by molar-refractivity contribution is 0.203. The van der Waals surface area contributed by atoms with Crippen LogP contribution in [0.2, 0.25) is 0 Å². The third-order valence-corrected chi connectivity index (χ3v) is 4.95. The topological polar surface area (TPSA) is 32.5 Å². The predicted molar refractivity (Wildman–Crippen MR) is 79.6 cm³/mol. The van der Waals surface area contributed by atoms with Crippen molar-refractivity contribution in [2.75, 3.05) is 19.6 Å². The van der Waals surface area contributed by atoms with E-state index in [2.05, 4.69) is 35.7 Å². The zero-order chi connectivity index (χ0) is 14.3. The van der Waals surface area contributed by atoms with Gasteiger partial charge in [0.25, 0.3) is 0 Å². The zero-order valence-electron chi connectivity index (χ0n) is 13.2. The molecule has 20 heavy (non-hydrogen) atoms. The van der Waals surface area contributed by atoms with Crippen LogP contribution in [0.4, 0.5) is 0 Å². The van der Waals surface area contributed by atoms with Crippen molar-refractivity contribution in [1.29, 1.82) is 0 Å². The molecule has 0 amide bonds. The molecule has 0 bridgehead atoms. The molecule has 3 rings (SSSR count). The summed E-state index contributed by atoms with van der Waals surface area (Å²) in [6, 6.07) is 1.51. The van der Waals surface area contributed by atoms with Crippen LogP contribution in [-0.2, 0) is 6.54 Å².